The van der Waals surface area contributed by atoms with Crippen molar-refractivity contribution < 1.29 is 23.5 Å². The molecule has 10 heteroatoms. The minimum atomic E-state index is -1.01. The molecular formula is C26H25FN4O4S. The van der Waals surface area contributed by atoms with E-state index in [9.17, 15) is 18.8 Å². The van der Waals surface area contributed by atoms with Gasteiger partial charge in [0.2, 0.25) is 5.91 Å². The molecule has 0 saturated heterocycles. The highest BCUT2D eigenvalue weighted by molar-refractivity contribution is 7.14. The maximum absolute atomic E-state index is 13.0. The van der Waals surface area contributed by atoms with E-state index in [1.807, 2.05) is 0 Å². The third kappa shape index (κ3) is 6.39. The zero-order valence-corrected chi connectivity index (χ0v) is 20.4. The zero-order valence-electron chi connectivity index (χ0n) is 19.5. The summed E-state index contributed by atoms with van der Waals surface area (Å²) in [5.41, 5.74) is 2.10. The number of aromatic nitrogens is 1. The molecule has 2 amide bonds. The molecule has 0 bridgehead atoms. The molecular weight excluding hydrogens is 483 g/mol. The second-order valence-corrected chi connectivity index (χ2v) is 9.29. The van der Waals surface area contributed by atoms with Crippen LogP contribution in [0.4, 0.5) is 9.52 Å². The largest absolute Gasteiger partial charge is 0.456 e. The molecule has 2 aromatic carbocycles. The molecule has 1 saturated carbocycles. The molecule has 1 atom stereocenters. The van der Waals surface area contributed by atoms with Gasteiger partial charge in [0.25, 0.3) is 5.91 Å². The fourth-order valence-corrected chi connectivity index (χ4v) is 4.14. The summed E-state index contributed by atoms with van der Waals surface area (Å²) in [6.45, 7) is 1.57. The highest BCUT2D eigenvalue weighted by Gasteiger charge is 2.28. The number of anilines is 1. The Balaban J connectivity index is 1.33. The van der Waals surface area contributed by atoms with E-state index in [1.54, 1.807) is 36.6 Å². The Morgan fingerprint density at radius 3 is 2.47 bits per heavy atom. The molecule has 3 N–H and O–H groups in total. The number of nitrogens with zero attached hydrogens (tertiary/aromatic N) is 1. The van der Waals surface area contributed by atoms with Gasteiger partial charge in [0.05, 0.1) is 11.6 Å². The summed E-state index contributed by atoms with van der Waals surface area (Å²) in [5, 5.41) is 15.9. The Kier molecular flexibility index (Phi) is 7.84. The van der Waals surface area contributed by atoms with Gasteiger partial charge < -0.3 is 15.4 Å². The molecule has 8 nitrogen and oxygen atoms in total. The normalized spacial score (nSPS) is 13.5. The van der Waals surface area contributed by atoms with Gasteiger partial charge in [0.15, 0.2) is 5.13 Å². The summed E-state index contributed by atoms with van der Waals surface area (Å²) >= 11 is 1.22. The van der Waals surface area contributed by atoms with Crippen LogP contribution in [0, 0.1) is 17.1 Å². The van der Waals surface area contributed by atoms with Gasteiger partial charge in [-0.05, 0) is 49.1 Å². The van der Waals surface area contributed by atoms with E-state index in [0.717, 1.165) is 18.4 Å². The summed E-state index contributed by atoms with van der Waals surface area (Å²) in [6, 6.07) is 12.8. The van der Waals surface area contributed by atoms with Crippen molar-refractivity contribution in [3.05, 3.63) is 70.9 Å². The number of rotatable bonds is 10. The van der Waals surface area contributed by atoms with Crippen molar-refractivity contribution >= 4 is 40.0 Å². The van der Waals surface area contributed by atoms with Gasteiger partial charge in [0.1, 0.15) is 18.1 Å². The lowest BCUT2D eigenvalue weighted by Gasteiger charge is -2.14. The van der Waals surface area contributed by atoms with Crippen molar-refractivity contribution in [2.24, 2.45) is 5.92 Å². The molecule has 186 valence electrons. The Morgan fingerprint density at radius 1 is 1.14 bits per heavy atom. The van der Waals surface area contributed by atoms with Gasteiger partial charge in [-0.3, -0.25) is 15.0 Å². The number of esters is 1. The maximum Gasteiger partial charge on any atom is 0.353 e. The van der Waals surface area contributed by atoms with Crippen molar-refractivity contribution in [1.82, 2.24) is 10.3 Å². The zero-order chi connectivity index (χ0) is 25.7. The molecule has 0 spiro atoms. The van der Waals surface area contributed by atoms with Crippen LogP contribution in [0.3, 0.4) is 0 Å². The topological polar surface area (TPSA) is 121 Å². The van der Waals surface area contributed by atoms with Crippen molar-refractivity contribution in [2.75, 3.05) is 5.32 Å². The van der Waals surface area contributed by atoms with E-state index in [0.29, 0.717) is 22.0 Å². The number of hydrogen-bond acceptors (Lipinski definition) is 7. The van der Waals surface area contributed by atoms with E-state index < -0.39 is 29.3 Å². The number of nitrogens with one attached hydrogen (secondary N) is 3. The van der Waals surface area contributed by atoms with Crippen LogP contribution in [0.25, 0.3) is 11.3 Å². The minimum Gasteiger partial charge on any atom is -0.456 e. The van der Waals surface area contributed by atoms with E-state index in [1.165, 1.54) is 35.6 Å². The maximum atomic E-state index is 13.0. The van der Waals surface area contributed by atoms with Crippen LogP contribution in [0.1, 0.15) is 42.1 Å². The van der Waals surface area contributed by atoms with Gasteiger partial charge >= 0.3 is 5.97 Å². The lowest BCUT2D eigenvalue weighted by Crippen LogP contribution is -2.34. The molecule has 1 aliphatic rings. The van der Waals surface area contributed by atoms with Crippen LogP contribution < -0.4 is 10.6 Å². The molecule has 1 fully saturated rings. The standard InChI is InChI=1S/C26H25FN4O4S/c1-2-20(22(28)25(34)35-13-15-3-9-18(27)10-4-15)24(33)31-26-30-21(14-36-26)16-5-7-17(8-6-16)23(32)29-19-11-12-19/h3-10,14,19-20,28H,2,11-13H2,1H3,(H,29,32)(H,30,31,33). The lowest BCUT2D eigenvalue weighted by atomic mass is 9.99. The molecule has 0 radical (unpaired) electrons. The number of carbonyl (C=O) groups is 3. The number of thiazole rings is 1. The number of amides is 2. The van der Waals surface area contributed by atoms with Crippen molar-refractivity contribution in [3.63, 3.8) is 0 Å². The first-order valence-corrected chi connectivity index (χ1v) is 12.4. The summed E-state index contributed by atoms with van der Waals surface area (Å²) in [6.07, 6.45) is 2.26. The third-order valence-corrected chi connectivity index (χ3v) is 6.42. The predicted molar refractivity (Wildman–Crippen MR) is 134 cm³/mol. The highest BCUT2D eigenvalue weighted by atomic mass is 32.1. The number of carbonyl (C=O) groups excluding carboxylic acids is 3. The second-order valence-electron chi connectivity index (χ2n) is 8.43. The van der Waals surface area contributed by atoms with Gasteiger partial charge in [-0.2, -0.15) is 0 Å². The van der Waals surface area contributed by atoms with E-state index in [4.69, 9.17) is 10.1 Å². The minimum absolute atomic E-state index is 0.0977. The summed E-state index contributed by atoms with van der Waals surface area (Å²) in [7, 11) is 0. The lowest BCUT2D eigenvalue weighted by molar-refractivity contribution is -0.137. The monoisotopic (exact) mass is 508 g/mol. The molecule has 1 aliphatic carbocycles. The van der Waals surface area contributed by atoms with E-state index in [2.05, 4.69) is 15.6 Å². The number of halogens is 1. The van der Waals surface area contributed by atoms with Crippen LogP contribution in [-0.2, 0) is 20.9 Å². The van der Waals surface area contributed by atoms with E-state index >= 15 is 0 Å². The first kappa shape index (κ1) is 25.2. The predicted octanol–water partition coefficient (Wildman–Crippen LogP) is 4.57. The Morgan fingerprint density at radius 2 is 1.83 bits per heavy atom. The average molecular weight is 509 g/mol. The molecule has 4 rings (SSSR count). The Hall–Kier alpha value is -3.92. The van der Waals surface area contributed by atoms with Crippen LogP contribution in [-0.4, -0.2) is 34.5 Å². The molecule has 3 aromatic rings. The number of benzene rings is 2. The molecule has 0 aliphatic heterocycles. The second kappa shape index (κ2) is 11.2. The van der Waals surface area contributed by atoms with E-state index in [-0.39, 0.29) is 25.0 Å². The van der Waals surface area contributed by atoms with Crippen molar-refractivity contribution in [1.29, 1.82) is 5.41 Å². The van der Waals surface area contributed by atoms with Gasteiger partial charge in [-0.25, -0.2) is 14.2 Å². The molecule has 1 aromatic heterocycles. The summed E-state index contributed by atoms with van der Waals surface area (Å²) < 4.78 is 18.1. The van der Waals surface area contributed by atoms with Gasteiger partial charge in [0, 0.05) is 22.5 Å². The van der Waals surface area contributed by atoms with Crippen molar-refractivity contribution in [3.8, 4) is 11.3 Å². The Bertz CT molecular complexity index is 1270. The molecule has 1 unspecified atom stereocenters. The first-order chi connectivity index (χ1) is 17.3. The smallest absolute Gasteiger partial charge is 0.353 e. The Labute approximate surface area is 211 Å². The molecule has 1 heterocycles. The fourth-order valence-electron chi connectivity index (χ4n) is 3.42. The summed E-state index contributed by atoms with van der Waals surface area (Å²) in [4.78, 5) is 41.7. The first-order valence-electron chi connectivity index (χ1n) is 11.5. The third-order valence-electron chi connectivity index (χ3n) is 5.67. The molecule has 36 heavy (non-hydrogen) atoms. The van der Waals surface area contributed by atoms with Crippen molar-refractivity contribution in [2.45, 2.75) is 38.8 Å². The SMILES string of the molecule is CCC(C(=N)C(=O)OCc1ccc(F)cc1)C(=O)Nc1nc(-c2ccc(C(=O)NC3CC3)cc2)cs1. The average Bonchev–Trinajstić information content (AvgIpc) is 3.58. The number of hydrogen-bond donors (Lipinski definition) is 3. The quantitative estimate of drug-likeness (QED) is 0.274. The van der Waals surface area contributed by atoms with Gasteiger partial charge in [-0.15, -0.1) is 11.3 Å². The highest BCUT2D eigenvalue weighted by Crippen LogP contribution is 2.26. The van der Waals surface area contributed by atoms with Crippen LogP contribution in [0.2, 0.25) is 0 Å². The van der Waals surface area contributed by atoms with Crippen LogP contribution in [0.5, 0.6) is 0 Å². The summed E-state index contributed by atoms with van der Waals surface area (Å²) in [5.74, 6) is -2.96. The van der Waals surface area contributed by atoms with Crippen LogP contribution in [0.15, 0.2) is 53.9 Å². The fraction of sp³-hybridized carbons (Fsp3) is 0.269. The number of ether oxygens (including phenoxy) is 1. The van der Waals surface area contributed by atoms with Crippen LogP contribution >= 0.6 is 11.3 Å². The van der Waals surface area contributed by atoms with Gasteiger partial charge in [-0.1, -0.05) is 31.2 Å².